The zero-order valence-corrected chi connectivity index (χ0v) is 12.6. The highest BCUT2D eigenvalue weighted by molar-refractivity contribution is 6.34. The number of rotatable bonds is 2. The second kappa shape index (κ2) is 5.35. The molecule has 0 aliphatic carbocycles. The van der Waals surface area contributed by atoms with Crippen LogP contribution in [0.4, 0.5) is 5.69 Å². The number of aromatic nitrogens is 4. The van der Waals surface area contributed by atoms with Gasteiger partial charge in [0.2, 0.25) is 0 Å². The van der Waals surface area contributed by atoms with Crippen molar-refractivity contribution in [3.05, 3.63) is 52.0 Å². The number of tetrazole rings is 1. The van der Waals surface area contributed by atoms with Gasteiger partial charge in [0.25, 0.3) is 0 Å². The zero-order chi connectivity index (χ0) is 15.0. The lowest BCUT2D eigenvalue weighted by atomic mass is 10.1. The molecule has 7 heteroatoms. The highest BCUT2D eigenvalue weighted by Crippen LogP contribution is 2.30. The van der Waals surface area contributed by atoms with E-state index in [4.69, 9.17) is 28.9 Å². The van der Waals surface area contributed by atoms with Gasteiger partial charge >= 0.3 is 0 Å². The summed E-state index contributed by atoms with van der Waals surface area (Å²) in [5.74, 6) is 0.559. The molecule has 1 heterocycles. The van der Waals surface area contributed by atoms with Gasteiger partial charge in [-0.25, -0.2) is 0 Å². The molecule has 0 saturated carbocycles. The first kappa shape index (κ1) is 13.9. The summed E-state index contributed by atoms with van der Waals surface area (Å²) >= 11 is 12.2. The van der Waals surface area contributed by atoms with Crippen LogP contribution in [0, 0.1) is 6.92 Å². The number of hydrogen-bond donors (Lipinski definition) is 1. The third-order valence-corrected chi connectivity index (χ3v) is 3.78. The summed E-state index contributed by atoms with van der Waals surface area (Å²) < 4.78 is 1.55. The second-order valence-corrected chi connectivity index (χ2v) is 5.37. The first-order chi connectivity index (χ1) is 10.1. The summed E-state index contributed by atoms with van der Waals surface area (Å²) in [4.78, 5) is 0. The fraction of sp³-hybridized carbons (Fsp3) is 0.0714. The molecule has 106 valence electrons. The topological polar surface area (TPSA) is 69.6 Å². The van der Waals surface area contributed by atoms with Crippen molar-refractivity contribution in [1.29, 1.82) is 0 Å². The Morgan fingerprint density at radius 3 is 2.76 bits per heavy atom. The predicted octanol–water partition coefficient (Wildman–Crippen LogP) is 3.53. The fourth-order valence-electron chi connectivity index (χ4n) is 2.06. The van der Waals surface area contributed by atoms with Crippen molar-refractivity contribution in [2.45, 2.75) is 6.92 Å². The van der Waals surface area contributed by atoms with Crippen molar-refractivity contribution < 1.29 is 0 Å². The lowest BCUT2D eigenvalue weighted by molar-refractivity contribution is 0.791. The molecule has 0 atom stereocenters. The molecule has 3 rings (SSSR count). The molecule has 0 unspecified atom stereocenters. The Morgan fingerprint density at radius 2 is 1.95 bits per heavy atom. The summed E-state index contributed by atoms with van der Waals surface area (Å²) in [6.45, 7) is 1.92. The molecule has 2 aromatic carbocycles. The first-order valence-electron chi connectivity index (χ1n) is 6.17. The predicted molar refractivity (Wildman–Crippen MR) is 83.8 cm³/mol. The van der Waals surface area contributed by atoms with Gasteiger partial charge in [-0.3, -0.25) is 0 Å². The summed E-state index contributed by atoms with van der Waals surface area (Å²) in [6, 6.07) is 10.7. The summed E-state index contributed by atoms with van der Waals surface area (Å²) in [5, 5.41) is 12.9. The average Bonchev–Trinajstić information content (AvgIpc) is 2.93. The number of nitrogen functional groups attached to an aromatic ring is 1. The highest BCUT2D eigenvalue weighted by atomic mass is 35.5. The first-order valence-corrected chi connectivity index (χ1v) is 6.93. The maximum atomic E-state index is 6.22. The van der Waals surface area contributed by atoms with Crippen LogP contribution >= 0.6 is 23.2 Å². The lowest BCUT2D eigenvalue weighted by Crippen LogP contribution is -2.02. The van der Waals surface area contributed by atoms with Crippen molar-refractivity contribution in [2.24, 2.45) is 0 Å². The van der Waals surface area contributed by atoms with Crippen LogP contribution in [0.1, 0.15) is 5.56 Å². The van der Waals surface area contributed by atoms with E-state index in [0.717, 1.165) is 11.1 Å². The Kier molecular flexibility index (Phi) is 3.53. The number of benzene rings is 2. The summed E-state index contributed by atoms with van der Waals surface area (Å²) in [6.07, 6.45) is 0. The number of hydrogen-bond acceptors (Lipinski definition) is 4. The molecule has 0 spiro atoms. The van der Waals surface area contributed by atoms with Crippen LogP contribution in [0.3, 0.4) is 0 Å². The molecule has 0 aliphatic heterocycles. The highest BCUT2D eigenvalue weighted by Gasteiger charge is 2.16. The van der Waals surface area contributed by atoms with Crippen molar-refractivity contribution in [3.8, 4) is 17.1 Å². The van der Waals surface area contributed by atoms with Gasteiger partial charge in [0.05, 0.1) is 10.7 Å². The molecular weight excluding hydrogens is 309 g/mol. The molecule has 3 aromatic rings. The van der Waals surface area contributed by atoms with Gasteiger partial charge in [-0.1, -0.05) is 35.3 Å². The standard InChI is InChI=1S/C14H11Cl2N5/c1-8-10(3-2-4-12(8)17)14-18-19-20-21(14)13-7-9(15)5-6-11(13)16/h2-7H,17H2,1H3. The van der Waals surface area contributed by atoms with E-state index in [1.54, 1.807) is 22.9 Å². The molecule has 0 fully saturated rings. The van der Waals surface area contributed by atoms with E-state index in [1.807, 2.05) is 25.1 Å². The smallest absolute Gasteiger partial charge is 0.187 e. The Bertz CT molecular complexity index is 796. The van der Waals surface area contributed by atoms with Crippen LogP contribution in [0.5, 0.6) is 0 Å². The zero-order valence-electron chi connectivity index (χ0n) is 11.1. The van der Waals surface area contributed by atoms with Crippen LogP contribution < -0.4 is 5.73 Å². The van der Waals surface area contributed by atoms with E-state index in [1.165, 1.54) is 0 Å². The van der Waals surface area contributed by atoms with Crippen LogP contribution in [-0.4, -0.2) is 20.2 Å². The van der Waals surface area contributed by atoms with Gasteiger partial charge in [-0.15, -0.1) is 5.10 Å². The van der Waals surface area contributed by atoms with Gasteiger partial charge in [-0.05, 0) is 47.2 Å². The summed E-state index contributed by atoms with van der Waals surface area (Å²) in [7, 11) is 0. The van der Waals surface area contributed by atoms with Crippen LogP contribution in [-0.2, 0) is 0 Å². The molecule has 21 heavy (non-hydrogen) atoms. The van der Waals surface area contributed by atoms with Gasteiger partial charge in [0, 0.05) is 16.3 Å². The van der Waals surface area contributed by atoms with E-state index in [-0.39, 0.29) is 0 Å². The maximum Gasteiger partial charge on any atom is 0.187 e. The van der Waals surface area contributed by atoms with Crippen LogP contribution in [0.2, 0.25) is 10.0 Å². The maximum absolute atomic E-state index is 6.22. The molecule has 1 aromatic heterocycles. The van der Waals surface area contributed by atoms with Gasteiger partial charge in [-0.2, -0.15) is 4.68 Å². The Hall–Kier alpha value is -2.11. The molecular formula is C14H11Cl2N5. The molecule has 0 aliphatic rings. The second-order valence-electron chi connectivity index (χ2n) is 4.53. The molecule has 0 bridgehead atoms. The van der Waals surface area contributed by atoms with E-state index < -0.39 is 0 Å². The van der Waals surface area contributed by atoms with E-state index in [9.17, 15) is 0 Å². The van der Waals surface area contributed by atoms with E-state index in [0.29, 0.717) is 27.2 Å². The van der Waals surface area contributed by atoms with Crippen molar-refractivity contribution >= 4 is 28.9 Å². The lowest BCUT2D eigenvalue weighted by Gasteiger charge is -2.10. The monoisotopic (exact) mass is 319 g/mol. The molecule has 0 radical (unpaired) electrons. The largest absolute Gasteiger partial charge is 0.398 e. The number of nitrogens with two attached hydrogens (primary N) is 1. The minimum Gasteiger partial charge on any atom is -0.398 e. The van der Waals surface area contributed by atoms with Crippen LogP contribution in [0.15, 0.2) is 36.4 Å². The minimum atomic E-state index is 0.509. The van der Waals surface area contributed by atoms with Gasteiger partial charge in [0.1, 0.15) is 0 Å². The molecule has 0 amide bonds. The van der Waals surface area contributed by atoms with Crippen molar-refractivity contribution in [2.75, 3.05) is 5.73 Å². The quantitative estimate of drug-likeness (QED) is 0.733. The molecule has 5 nitrogen and oxygen atoms in total. The minimum absolute atomic E-state index is 0.509. The van der Waals surface area contributed by atoms with Gasteiger partial charge < -0.3 is 5.73 Å². The van der Waals surface area contributed by atoms with Crippen LogP contribution in [0.25, 0.3) is 17.1 Å². The van der Waals surface area contributed by atoms with E-state index >= 15 is 0 Å². The molecule has 0 saturated heterocycles. The average molecular weight is 320 g/mol. The third kappa shape index (κ3) is 2.46. The van der Waals surface area contributed by atoms with Crippen molar-refractivity contribution in [1.82, 2.24) is 20.2 Å². The van der Waals surface area contributed by atoms with Crippen molar-refractivity contribution in [3.63, 3.8) is 0 Å². The molecule has 2 N–H and O–H groups in total. The number of anilines is 1. The van der Waals surface area contributed by atoms with E-state index in [2.05, 4.69) is 15.5 Å². The number of nitrogens with zero attached hydrogens (tertiary/aromatic N) is 4. The fourth-order valence-corrected chi connectivity index (χ4v) is 2.43. The normalized spacial score (nSPS) is 10.8. The summed E-state index contributed by atoms with van der Waals surface area (Å²) in [5.41, 5.74) is 8.99. The van der Waals surface area contributed by atoms with Gasteiger partial charge in [0.15, 0.2) is 5.82 Å². The SMILES string of the molecule is Cc1c(N)cccc1-c1nnnn1-c1cc(Cl)ccc1Cl. The Labute approximate surface area is 131 Å². The number of halogens is 2. The Balaban J connectivity index is 2.22. The third-order valence-electron chi connectivity index (χ3n) is 3.22. The Morgan fingerprint density at radius 1 is 1.14 bits per heavy atom.